The molecule has 3 aromatic rings. The molecule has 2 aromatic carbocycles. The number of aromatic nitrogens is 1. The fourth-order valence-corrected chi connectivity index (χ4v) is 1.90. The Hall–Kier alpha value is -2.53. The minimum atomic E-state index is -0.602. The maximum Gasteiger partial charge on any atom is 0.417 e. The van der Waals surface area contributed by atoms with Gasteiger partial charge in [0.25, 0.3) is 0 Å². The fraction of sp³-hybridized carbons (Fsp3) is 0. The number of fused-ring (bicyclic) bond motifs is 1. The highest BCUT2D eigenvalue weighted by atomic mass is 35.5. The highest BCUT2D eigenvalue weighted by Crippen LogP contribution is 2.23. The molecule has 20 heavy (non-hydrogen) atoms. The van der Waals surface area contributed by atoms with Crippen LogP contribution in [0.2, 0.25) is 5.02 Å². The summed E-state index contributed by atoms with van der Waals surface area (Å²) in [6.45, 7) is 0. The molecule has 0 saturated carbocycles. The molecule has 1 N–H and O–H groups in total. The van der Waals surface area contributed by atoms with Gasteiger partial charge in [0.05, 0.1) is 5.56 Å². The highest BCUT2D eigenvalue weighted by molar-refractivity contribution is 6.30. The number of halogens is 1. The number of hydrogen-bond donors (Lipinski definition) is 1. The van der Waals surface area contributed by atoms with Crippen LogP contribution in [-0.2, 0) is 0 Å². The summed E-state index contributed by atoms with van der Waals surface area (Å²) in [5.41, 5.74) is 1.04. The molecule has 0 atom stereocenters. The number of ether oxygens (including phenoxy) is 1. The van der Waals surface area contributed by atoms with E-state index >= 15 is 0 Å². The normalized spacial score (nSPS) is 10.7. The largest absolute Gasteiger partial charge is 0.421 e. The smallest absolute Gasteiger partial charge is 0.417 e. The first-order valence-electron chi connectivity index (χ1n) is 5.73. The van der Waals surface area contributed by atoms with E-state index in [4.69, 9.17) is 20.8 Å². The van der Waals surface area contributed by atoms with Gasteiger partial charge in [0.1, 0.15) is 5.52 Å². The van der Waals surface area contributed by atoms with Crippen molar-refractivity contribution in [3.63, 3.8) is 0 Å². The van der Waals surface area contributed by atoms with Crippen LogP contribution in [-0.4, -0.2) is 11.0 Å². The minimum Gasteiger partial charge on any atom is -0.421 e. The summed E-state index contributed by atoms with van der Waals surface area (Å²) in [4.78, 5) is 25.6. The summed E-state index contributed by atoms with van der Waals surface area (Å²) in [5.74, 6) is -0.917. The van der Waals surface area contributed by atoms with E-state index in [1.807, 2.05) is 0 Å². The Balaban J connectivity index is 1.95. The summed E-state index contributed by atoms with van der Waals surface area (Å²) in [6.07, 6.45) is 0. The van der Waals surface area contributed by atoms with E-state index in [1.165, 1.54) is 0 Å². The van der Waals surface area contributed by atoms with Crippen molar-refractivity contribution in [1.29, 1.82) is 0 Å². The number of oxazole rings is 1. The van der Waals surface area contributed by atoms with E-state index in [1.54, 1.807) is 42.5 Å². The molecule has 0 unspecified atom stereocenters. The third kappa shape index (κ3) is 2.31. The van der Waals surface area contributed by atoms with Crippen LogP contribution in [0.5, 0.6) is 5.75 Å². The molecular weight excluding hydrogens is 282 g/mol. The van der Waals surface area contributed by atoms with Gasteiger partial charge in [-0.1, -0.05) is 17.7 Å². The number of carbonyl (C=O) groups excluding carboxylic acids is 1. The lowest BCUT2D eigenvalue weighted by atomic mass is 10.2. The SMILES string of the molecule is O=C(Oc1cccc2oc(=O)[nH]c12)c1ccc(Cl)cc1. The number of rotatable bonds is 2. The number of hydrogen-bond acceptors (Lipinski definition) is 4. The first kappa shape index (κ1) is 12.5. The Kier molecular flexibility index (Phi) is 3.04. The van der Waals surface area contributed by atoms with Gasteiger partial charge in [0.15, 0.2) is 11.3 Å². The van der Waals surface area contributed by atoms with Crippen molar-refractivity contribution in [2.45, 2.75) is 0 Å². The third-order valence-electron chi connectivity index (χ3n) is 2.70. The Morgan fingerprint density at radius 3 is 2.65 bits per heavy atom. The molecule has 0 amide bonds. The van der Waals surface area contributed by atoms with Gasteiger partial charge in [-0.2, -0.15) is 0 Å². The predicted molar refractivity (Wildman–Crippen MR) is 73.2 cm³/mol. The molecule has 0 saturated heterocycles. The monoisotopic (exact) mass is 289 g/mol. The van der Waals surface area contributed by atoms with Crippen LogP contribution >= 0.6 is 11.6 Å². The maximum atomic E-state index is 12.0. The van der Waals surface area contributed by atoms with Crippen molar-refractivity contribution in [3.05, 3.63) is 63.6 Å². The number of esters is 1. The Morgan fingerprint density at radius 2 is 1.90 bits per heavy atom. The van der Waals surface area contributed by atoms with Crippen molar-refractivity contribution >= 4 is 28.7 Å². The zero-order chi connectivity index (χ0) is 14.1. The van der Waals surface area contributed by atoms with Crippen molar-refractivity contribution < 1.29 is 13.9 Å². The van der Waals surface area contributed by atoms with E-state index < -0.39 is 11.7 Å². The summed E-state index contributed by atoms with van der Waals surface area (Å²) in [7, 11) is 0. The molecule has 6 heteroatoms. The molecule has 0 aliphatic carbocycles. The van der Waals surface area contributed by atoms with Gasteiger partial charge < -0.3 is 9.15 Å². The van der Waals surface area contributed by atoms with Crippen LogP contribution in [0.15, 0.2) is 51.7 Å². The number of carbonyl (C=O) groups is 1. The van der Waals surface area contributed by atoms with Crippen LogP contribution in [0, 0.1) is 0 Å². The van der Waals surface area contributed by atoms with Crippen molar-refractivity contribution in [2.75, 3.05) is 0 Å². The second kappa shape index (κ2) is 4.86. The molecule has 0 aliphatic rings. The number of H-pyrrole nitrogens is 1. The number of aromatic amines is 1. The molecule has 1 aromatic heterocycles. The van der Waals surface area contributed by atoms with Crippen LogP contribution < -0.4 is 10.5 Å². The van der Waals surface area contributed by atoms with Crippen molar-refractivity contribution in [2.24, 2.45) is 0 Å². The van der Waals surface area contributed by atoms with Gasteiger partial charge in [-0.25, -0.2) is 9.59 Å². The van der Waals surface area contributed by atoms with E-state index in [-0.39, 0.29) is 5.75 Å². The lowest BCUT2D eigenvalue weighted by molar-refractivity contribution is 0.0737. The maximum absolute atomic E-state index is 12.0. The van der Waals surface area contributed by atoms with Gasteiger partial charge in [-0.05, 0) is 36.4 Å². The fourth-order valence-electron chi connectivity index (χ4n) is 1.78. The van der Waals surface area contributed by atoms with E-state index in [2.05, 4.69) is 4.98 Å². The molecule has 1 heterocycles. The Bertz CT molecular complexity index is 832. The first-order chi connectivity index (χ1) is 9.63. The second-order valence-electron chi connectivity index (χ2n) is 4.04. The standard InChI is InChI=1S/C14H8ClNO4/c15-9-6-4-8(5-7-9)13(17)19-10-2-1-3-11-12(10)16-14(18)20-11/h1-7H,(H,16,18). The quantitative estimate of drug-likeness (QED) is 0.581. The van der Waals surface area contributed by atoms with Gasteiger partial charge in [0.2, 0.25) is 0 Å². The highest BCUT2D eigenvalue weighted by Gasteiger charge is 2.13. The minimum absolute atomic E-state index is 0.230. The van der Waals surface area contributed by atoms with Crippen LogP contribution in [0.4, 0.5) is 0 Å². The van der Waals surface area contributed by atoms with Gasteiger partial charge >= 0.3 is 11.7 Å². The van der Waals surface area contributed by atoms with Crippen molar-refractivity contribution in [1.82, 2.24) is 4.98 Å². The average molecular weight is 290 g/mol. The Labute approximate surface area is 117 Å². The molecule has 0 radical (unpaired) electrons. The van der Waals surface area contributed by atoms with Crippen LogP contribution in [0.1, 0.15) is 10.4 Å². The predicted octanol–water partition coefficient (Wildman–Crippen LogP) is 2.99. The second-order valence-corrected chi connectivity index (χ2v) is 4.48. The lowest BCUT2D eigenvalue weighted by Crippen LogP contribution is -2.08. The third-order valence-corrected chi connectivity index (χ3v) is 2.95. The molecule has 0 spiro atoms. The summed E-state index contributed by atoms with van der Waals surface area (Å²) in [5, 5.41) is 0.530. The Morgan fingerprint density at radius 1 is 1.15 bits per heavy atom. The number of para-hydroxylation sites is 1. The number of benzene rings is 2. The topological polar surface area (TPSA) is 72.3 Å². The van der Waals surface area contributed by atoms with E-state index in [9.17, 15) is 9.59 Å². The van der Waals surface area contributed by atoms with E-state index in [0.29, 0.717) is 21.7 Å². The molecule has 3 rings (SSSR count). The van der Waals surface area contributed by atoms with Crippen LogP contribution in [0.3, 0.4) is 0 Å². The summed E-state index contributed by atoms with van der Waals surface area (Å²) >= 11 is 5.75. The van der Waals surface area contributed by atoms with Crippen LogP contribution in [0.25, 0.3) is 11.1 Å². The van der Waals surface area contributed by atoms with Gasteiger partial charge in [-0.15, -0.1) is 0 Å². The first-order valence-corrected chi connectivity index (χ1v) is 6.11. The molecule has 5 nitrogen and oxygen atoms in total. The molecule has 0 aliphatic heterocycles. The number of nitrogens with one attached hydrogen (secondary N) is 1. The lowest BCUT2D eigenvalue weighted by Gasteiger charge is -2.04. The molecular formula is C14H8ClNO4. The van der Waals surface area contributed by atoms with E-state index in [0.717, 1.165) is 0 Å². The zero-order valence-electron chi connectivity index (χ0n) is 10.1. The van der Waals surface area contributed by atoms with Gasteiger partial charge in [0, 0.05) is 5.02 Å². The molecule has 0 fully saturated rings. The van der Waals surface area contributed by atoms with Gasteiger partial charge in [-0.3, -0.25) is 4.98 Å². The summed E-state index contributed by atoms with van der Waals surface area (Å²) < 4.78 is 10.1. The molecule has 0 bridgehead atoms. The van der Waals surface area contributed by atoms with Crippen molar-refractivity contribution in [3.8, 4) is 5.75 Å². The zero-order valence-corrected chi connectivity index (χ0v) is 10.8. The molecule has 100 valence electrons. The average Bonchev–Trinajstić information content (AvgIpc) is 2.81. The summed E-state index contributed by atoms with van der Waals surface area (Å²) in [6, 6.07) is 11.1.